The van der Waals surface area contributed by atoms with E-state index in [0.717, 1.165) is 12.1 Å². The molecule has 56 heavy (non-hydrogen) atoms. The molecular weight excluding hydrogens is 820 g/mol. The largest absolute Gasteiger partial charge is 0.478 e. The van der Waals surface area contributed by atoms with E-state index in [1.165, 1.54) is 36.4 Å². The number of carbonyl (C=O) groups is 1. The average molecular weight is 844 g/mol. The quantitative estimate of drug-likeness (QED) is 0.102. The number of benzene rings is 4. The van der Waals surface area contributed by atoms with Crippen LogP contribution in [-0.4, -0.2) is 58.7 Å². The van der Waals surface area contributed by atoms with Crippen LogP contribution >= 0.6 is 7.05 Å². The highest BCUT2D eigenvalue weighted by Crippen LogP contribution is 2.64. The van der Waals surface area contributed by atoms with Gasteiger partial charge in [-0.05, 0) is 36.2 Å². The van der Waals surface area contributed by atoms with E-state index in [9.17, 15) is 84.5 Å². The molecule has 1 N–H and O–H groups in total. The highest BCUT2D eigenvalue weighted by atomic mass is 31.2. The molecule has 0 aliphatic rings. The number of hydrogen-bond donors (Lipinski definition) is 1. The highest BCUT2D eigenvalue weighted by molar-refractivity contribution is 7.87. The van der Waals surface area contributed by atoms with Crippen LogP contribution in [0.25, 0.3) is 0 Å². The van der Waals surface area contributed by atoms with Crippen LogP contribution in [0.2, 0.25) is 0 Å². The summed E-state index contributed by atoms with van der Waals surface area (Å²) in [6, 6.07) is 26.4. The van der Waals surface area contributed by atoms with Gasteiger partial charge in [0.2, 0.25) is 0 Å². The maximum Gasteiger partial charge on any atom is 0.460 e. The van der Waals surface area contributed by atoms with Crippen LogP contribution < -0.4 is 15.9 Å². The predicted octanol–water partition coefficient (Wildman–Crippen LogP) is 11.1. The summed E-state index contributed by atoms with van der Waals surface area (Å²) in [7, 11) is -3.23. The van der Waals surface area contributed by atoms with Gasteiger partial charge in [0.25, 0.3) is 0 Å². The van der Waals surface area contributed by atoms with Crippen molar-refractivity contribution in [2.45, 2.75) is 60.5 Å². The predicted molar refractivity (Wildman–Crippen MR) is 170 cm³/mol. The first-order chi connectivity index (χ1) is 25.5. The number of halogens is 17. The van der Waals surface area contributed by atoms with E-state index < -0.39 is 79.1 Å². The SMILES string of the molecule is O=C(O)c1ccc(N=P(c2ccccc2)(c2ccccc2)c2ccc(CCC(F)(F)C(F)(F)C(F)(F)C(F)(F)C(F)(F)C(F)(F)C(F)(F)C(F)(F)F)cc2)cc1. The molecule has 0 spiro atoms. The lowest BCUT2D eigenvalue weighted by atomic mass is 9.87. The van der Waals surface area contributed by atoms with Gasteiger partial charge in [-0.25, -0.2) is 4.79 Å². The maximum atomic E-state index is 14.7. The summed E-state index contributed by atoms with van der Waals surface area (Å²) in [6.45, 7) is 0. The molecule has 0 atom stereocenters. The molecule has 0 aliphatic carbocycles. The molecule has 0 fully saturated rings. The van der Waals surface area contributed by atoms with Crippen LogP contribution in [0.1, 0.15) is 22.3 Å². The van der Waals surface area contributed by atoms with Crippen molar-refractivity contribution < 1.29 is 84.5 Å². The first-order valence-electron chi connectivity index (χ1n) is 15.4. The van der Waals surface area contributed by atoms with Crippen LogP contribution in [0.5, 0.6) is 0 Å². The van der Waals surface area contributed by atoms with Crippen molar-refractivity contribution in [2.24, 2.45) is 4.74 Å². The lowest BCUT2D eigenvalue weighted by Crippen LogP contribution is -2.74. The molecule has 4 rings (SSSR count). The topological polar surface area (TPSA) is 49.7 Å². The van der Waals surface area contributed by atoms with Gasteiger partial charge in [0.1, 0.15) is 0 Å². The zero-order chi connectivity index (χ0) is 42.4. The van der Waals surface area contributed by atoms with Crippen molar-refractivity contribution in [3.05, 3.63) is 120 Å². The molecule has 0 radical (unpaired) electrons. The number of aryl methyl sites for hydroxylation is 1. The van der Waals surface area contributed by atoms with Crippen molar-refractivity contribution in [3.63, 3.8) is 0 Å². The van der Waals surface area contributed by atoms with Gasteiger partial charge in [0.05, 0.1) is 18.3 Å². The van der Waals surface area contributed by atoms with Gasteiger partial charge in [-0.15, -0.1) is 0 Å². The van der Waals surface area contributed by atoms with E-state index in [2.05, 4.69) is 0 Å². The molecule has 0 amide bonds. The van der Waals surface area contributed by atoms with E-state index in [0.29, 0.717) is 15.9 Å². The molecule has 0 heterocycles. The minimum Gasteiger partial charge on any atom is -0.478 e. The van der Waals surface area contributed by atoms with E-state index in [-0.39, 0.29) is 11.3 Å². The van der Waals surface area contributed by atoms with Crippen molar-refractivity contribution in [2.75, 3.05) is 0 Å². The van der Waals surface area contributed by atoms with Crippen LogP contribution in [0.15, 0.2) is 114 Å². The summed E-state index contributed by atoms with van der Waals surface area (Å²) in [4.78, 5) is 11.4. The average Bonchev–Trinajstić information content (AvgIpc) is 3.13. The second-order valence-electron chi connectivity index (χ2n) is 12.1. The van der Waals surface area contributed by atoms with Gasteiger partial charge < -0.3 is 5.11 Å². The Kier molecular flexibility index (Phi) is 11.6. The first-order valence-corrected chi connectivity index (χ1v) is 17.1. The van der Waals surface area contributed by atoms with Gasteiger partial charge in [-0.1, -0.05) is 84.9 Å². The number of carboxylic acids is 1. The number of hydrogen-bond acceptors (Lipinski definition) is 2. The van der Waals surface area contributed by atoms with E-state index in [4.69, 9.17) is 4.74 Å². The number of rotatable bonds is 14. The second kappa shape index (κ2) is 14.7. The summed E-state index contributed by atoms with van der Waals surface area (Å²) in [5.41, 5.74) is -0.244. The minimum absolute atomic E-state index is 0.0878. The van der Waals surface area contributed by atoms with Gasteiger partial charge in [-0.2, -0.15) is 74.6 Å². The standard InChI is InChI=1S/C35H23F17NO2P/c36-28(37,29(38,39)30(40,41)31(42,43)32(44,45)33(46,47)34(48,49)35(50,51)52)20-19-21-11-17-26(18-12-21)56(24-7-3-1-4-8-24,25-9-5-2-6-10-25)53-23-15-13-22(14-16-23)27(54)55/h1-18H,19-20H2,(H,54,55). The summed E-state index contributed by atoms with van der Waals surface area (Å²) in [6.07, 6.45) is -11.8. The molecular formula is C35H23F17NO2P. The molecule has 21 heteroatoms. The third-order valence-electron chi connectivity index (χ3n) is 8.46. The summed E-state index contributed by atoms with van der Waals surface area (Å²) in [5.74, 6) is -58.0. The second-order valence-corrected chi connectivity index (χ2v) is 15.1. The zero-order valence-electron chi connectivity index (χ0n) is 27.5. The fourth-order valence-corrected chi connectivity index (χ4v) is 8.79. The van der Waals surface area contributed by atoms with E-state index >= 15 is 0 Å². The van der Waals surface area contributed by atoms with Crippen molar-refractivity contribution in [1.29, 1.82) is 0 Å². The molecule has 0 aliphatic heterocycles. The molecule has 3 nitrogen and oxygen atoms in total. The van der Waals surface area contributed by atoms with Crippen LogP contribution in [0.4, 0.5) is 80.3 Å². The van der Waals surface area contributed by atoms with Gasteiger partial charge in [0.15, 0.2) is 0 Å². The Morgan fingerprint density at radius 3 is 1.25 bits per heavy atom. The zero-order valence-corrected chi connectivity index (χ0v) is 28.4. The van der Waals surface area contributed by atoms with E-state index in [1.807, 2.05) is 0 Å². The first kappa shape index (κ1) is 44.1. The number of carboxylic acid groups (broad SMARTS) is 1. The van der Waals surface area contributed by atoms with E-state index in [1.54, 1.807) is 60.7 Å². The smallest absolute Gasteiger partial charge is 0.460 e. The van der Waals surface area contributed by atoms with Crippen LogP contribution in [0.3, 0.4) is 0 Å². The van der Waals surface area contributed by atoms with Gasteiger partial charge in [-0.3, -0.25) is 4.74 Å². The Bertz CT molecular complexity index is 2010. The summed E-state index contributed by atoms with van der Waals surface area (Å²) >= 11 is 0. The lowest BCUT2D eigenvalue weighted by molar-refractivity contribution is -0.461. The Morgan fingerprint density at radius 2 is 0.857 bits per heavy atom. The molecule has 0 bridgehead atoms. The van der Waals surface area contributed by atoms with Crippen LogP contribution in [0, 0.1) is 0 Å². The Hall–Kier alpha value is -4.61. The number of aromatic carboxylic acids is 1. The molecule has 0 aromatic heterocycles. The number of nitrogens with zero attached hydrogens (tertiary/aromatic N) is 1. The normalized spacial score (nSPS) is 14.1. The Balaban J connectivity index is 1.73. The van der Waals surface area contributed by atoms with Crippen LogP contribution in [-0.2, 0) is 6.42 Å². The molecule has 0 unspecified atom stereocenters. The van der Waals surface area contributed by atoms with Crippen molar-refractivity contribution >= 4 is 34.6 Å². The molecule has 4 aromatic rings. The monoisotopic (exact) mass is 843 g/mol. The van der Waals surface area contributed by atoms with Crippen molar-refractivity contribution in [3.8, 4) is 0 Å². The minimum atomic E-state index is -8.69. The summed E-state index contributed by atoms with van der Waals surface area (Å²) in [5, 5.41) is 10.7. The fraction of sp³-hybridized carbons (Fsp3) is 0.286. The Labute approximate surface area is 304 Å². The fourth-order valence-electron chi connectivity index (χ4n) is 5.28. The maximum absolute atomic E-state index is 14.7. The third-order valence-corrected chi connectivity index (χ3v) is 12.1. The molecule has 4 aromatic carbocycles. The molecule has 0 saturated carbocycles. The number of alkyl halides is 17. The lowest BCUT2D eigenvalue weighted by Gasteiger charge is -2.42. The molecule has 304 valence electrons. The summed E-state index contributed by atoms with van der Waals surface area (Å²) < 4.78 is 238. The van der Waals surface area contributed by atoms with Gasteiger partial charge in [0, 0.05) is 22.3 Å². The van der Waals surface area contributed by atoms with Crippen molar-refractivity contribution in [1.82, 2.24) is 0 Å². The van der Waals surface area contributed by atoms with Gasteiger partial charge >= 0.3 is 53.6 Å². The highest BCUT2D eigenvalue weighted by Gasteiger charge is 2.95. The molecule has 0 saturated heterocycles. The third kappa shape index (κ3) is 7.13. The Morgan fingerprint density at radius 1 is 0.482 bits per heavy atom.